The van der Waals surface area contributed by atoms with E-state index in [9.17, 15) is 9.59 Å². The molecule has 0 aliphatic heterocycles. The van der Waals surface area contributed by atoms with Gasteiger partial charge in [0.2, 0.25) is 0 Å². The Kier molecular flexibility index (Phi) is 1.77. The van der Waals surface area contributed by atoms with Gasteiger partial charge in [0, 0.05) is 12.3 Å². The summed E-state index contributed by atoms with van der Waals surface area (Å²) in [6.07, 6.45) is 1.31. The lowest BCUT2D eigenvalue weighted by Crippen LogP contribution is -2.27. The van der Waals surface area contributed by atoms with Crippen LogP contribution in [-0.2, 0) is 0 Å². The number of thiocarbonyl (C=S) groups is 1. The Balaban J connectivity index is 3.48. The minimum Gasteiger partial charge on any atom is -0.274 e. The molecule has 0 amide bonds. The summed E-state index contributed by atoms with van der Waals surface area (Å²) in [6.45, 7) is 0. The number of nitrogens with zero attached hydrogens (tertiary/aromatic N) is 1. The Morgan fingerprint density at radius 2 is 2.30 bits per heavy atom. The van der Waals surface area contributed by atoms with Gasteiger partial charge in [-0.25, -0.2) is 4.79 Å². The van der Waals surface area contributed by atoms with Gasteiger partial charge in [0.05, 0.1) is 5.49 Å². The summed E-state index contributed by atoms with van der Waals surface area (Å²) in [5.74, 6) is 0. The smallest absolute Gasteiger partial charge is 0.274 e. The third kappa shape index (κ3) is 1.19. The van der Waals surface area contributed by atoms with Crippen LogP contribution in [-0.4, -0.2) is 15.0 Å². The van der Waals surface area contributed by atoms with Gasteiger partial charge in [-0.3, -0.25) is 14.3 Å². The molecule has 0 spiro atoms. The largest absolute Gasteiger partial charge is 0.333 e. The van der Waals surface area contributed by atoms with Crippen molar-refractivity contribution in [1.82, 2.24) is 9.55 Å². The Morgan fingerprint density at radius 1 is 1.60 bits per heavy atom. The summed E-state index contributed by atoms with van der Waals surface area (Å²) >= 11 is 4.47. The first-order valence-corrected chi connectivity index (χ1v) is 2.98. The van der Waals surface area contributed by atoms with Gasteiger partial charge >= 0.3 is 5.69 Å². The number of aromatic amines is 1. The minimum atomic E-state index is -0.512. The number of aromatic nitrogens is 2. The summed E-state index contributed by atoms with van der Waals surface area (Å²) < 4.78 is 1.11. The predicted octanol–water partition coefficient (Wildman–Crippen LogP) is -0.658. The normalized spacial score (nSPS) is 9.20. The van der Waals surface area contributed by atoms with Gasteiger partial charge in [-0.05, 0) is 0 Å². The molecular weight excluding hydrogens is 152 g/mol. The van der Waals surface area contributed by atoms with Gasteiger partial charge in [-0.1, -0.05) is 12.2 Å². The molecule has 0 atom stereocenters. The average Bonchev–Trinajstić information content (AvgIpc) is 1.88. The first kappa shape index (κ1) is 6.88. The van der Waals surface area contributed by atoms with E-state index in [0.717, 1.165) is 10.1 Å². The van der Waals surface area contributed by atoms with E-state index in [1.165, 1.54) is 12.3 Å². The van der Waals surface area contributed by atoms with Crippen molar-refractivity contribution in [2.24, 2.45) is 0 Å². The molecule has 1 aromatic rings. The van der Waals surface area contributed by atoms with E-state index < -0.39 is 11.2 Å². The molecule has 4 nitrogen and oxygen atoms in total. The summed E-state index contributed by atoms with van der Waals surface area (Å²) in [4.78, 5) is 23.2. The van der Waals surface area contributed by atoms with E-state index in [-0.39, 0.29) is 0 Å². The fourth-order valence-electron chi connectivity index (χ4n) is 0.510. The molecule has 1 rings (SSSR count). The zero-order valence-electron chi connectivity index (χ0n) is 4.90. The van der Waals surface area contributed by atoms with Crippen molar-refractivity contribution in [2.45, 2.75) is 0 Å². The maximum Gasteiger partial charge on any atom is 0.333 e. The molecule has 0 aromatic carbocycles. The molecule has 1 aromatic heterocycles. The molecule has 1 heterocycles. The maximum absolute atomic E-state index is 10.7. The lowest BCUT2D eigenvalue weighted by molar-refractivity contribution is 0.962. The highest BCUT2D eigenvalue weighted by atomic mass is 32.1. The number of H-pyrrole nitrogens is 1. The molecule has 10 heavy (non-hydrogen) atoms. The van der Waals surface area contributed by atoms with Gasteiger partial charge in [0.25, 0.3) is 5.56 Å². The average molecular weight is 156 g/mol. The topological polar surface area (TPSA) is 54.9 Å². The summed E-state index contributed by atoms with van der Waals surface area (Å²) in [7, 11) is 0. The van der Waals surface area contributed by atoms with Gasteiger partial charge in [0.15, 0.2) is 0 Å². The molecule has 5 heteroatoms. The minimum absolute atomic E-state index is 0.418. The maximum atomic E-state index is 10.7. The second kappa shape index (κ2) is 2.57. The first-order valence-electron chi connectivity index (χ1n) is 2.51. The zero-order valence-corrected chi connectivity index (χ0v) is 5.72. The van der Waals surface area contributed by atoms with Crippen LogP contribution in [0.15, 0.2) is 21.9 Å². The monoisotopic (exact) mass is 156 g/mol. The van der Waals surface area contributed by atoms with E-state index in [1.807, 2.05) is 4.98 Å². The van der Waals surface area contributed by atoms with Crippen molar-refractivity contribution in [3.63, 3.8) is 0 Å². The van der Waals surface area contributed by atoms with Crippen LogP contribution in [0, 0.1) is 0 Å². The predicted molar refractivity (Wildman–Crippen MR) is 40.4 cm³/mol. The van der Waals surface area contributed by atoms with Gasteiger partial charge in [-0.2, -0.15) is 0 Å². The molecule has 0 saturated carbocycles. The molecule has 0 aliphatic carbocycles. The van der Waals surface area contributed by atoms with E-state index >= 15 is 0 Å². The van der Waals surface area contributed by atoms with E-state index in [4.69, 9.17) is 0 Å². The summed E-state index contributed by atoms with van der Waals surface area (Å²) in [6, 6.07) is 1.23. The molecule has 1 N–H and O–H groups in total. The Labute approximate surface area is 61.1 Å². The van der Waals surface area contributed by atoms with Crippen molar-refractivity contribution in [3.05, 3.63) is 33.1 Å². The molecule has 0 saturated heterocycles. The lowest BCUT2D eigenvalue weighted by atomic mass is 10.6. The zero-order chi connectivity index (χ0) is 7.56. The SMILES string of the molecule is O=c1ccn(C=S)c(=O)[nH]1. The van der Waals surface area contributed by atoms with Crippen LogP contribution in [0.1, 0.15) is 0 Å². The van der Waals surface area contributed by atoms with Crippen molar-refractivity contribution in [3.8, 4) is 0 Å². The van der Waals surface area contributed by atoms with Crippen LogP contribution in [0.25, 0.3) is 0 Å². The Bertz CT molecular complexity index is 351. The first-order chi connectivity index (χ1) is 4.74. The fraction of sp³-hybridized carbons (Fsp3) is 0. The quantitative estimate of drug-likeness (QED) is 0.549. The molecule has 52 valence electrons. The van der Waals surface area contributed by atoms with Crippen LogP contribution in [0.4, 0.5) is 0 Å². The van der Waals surface area contributed by atoms with Gasteiger partial charge in [-0.15, -0.1) is 0 Å². The molecule has 0 bridgehead atoms. The van der Waals surface area contributed by atoms with Crippen LogP contribution < -0.4 is 11.2 Å². The molecule has 0 aliphatic rings. The van der Waals surface area contributed by atoms with Crippen molar-refractivity contribution in [2.75, 3.05) is 0 Å². The lowest BCUT2D eigenvalue weighted by Gasteiger charge is -1.90. The van der Waals surface area contributed by atoms with Gasteiger partial charge in [0.1, 0.15) is 0 Å². The van der Waals surface area contributed by atoms with Crippen LogP contribution in [0.2, 0.25) is 0 Å². The highest BCUT2D eigenvalue weighted by Gasteiger charge is 1.88. The third-order valence-corrected chi connectivity index (χ3v) is 1.19. The molecular formula is C5H4N2O2S. The number of rotatable bonds is 1. The number of hydrogen-bond donors (Lipinski definition) is 1. The van der Waals surface area contributed by atoms with Crippen LogP contribution in [0.5, 0.6) is 0 Å². The molecule has 0 fully saturated rings. The third-order valence-electron chi connectivity index (χ3n) is 0.965. The van der Waals surface area contributed by atoms with Crippen molar-refractivity contribution in [1.29, 1.82) is 0 Å². The molecule has 0 unspecified atom stereocenters. The summed E-state index contributed by atoms with van der Waals surface area (Å²) in [5.41, 5.74) is 0.221. The van der Waals surface area contributed by atoms with Crippen LogP contribution >= 0.6 is 12.2 Å². The van der Waals surface area contributed by atoms with Crippen LogP contribution in [0.3, 0.4) is 0 Å². The highest BCUT2D eigenvalue weighted by Crippen LogP contribution is 1.65. The molecule has 0 radical (unpaired) electrons. The van der Waals surface area contributed by atoms with Crippen molar-refractivity contribution < 1.29 is 0 Å². The summed E-state index contributed by atoms with van der Waals surface area (Å²) in [5, 5.41) is 0. The van der Waals surface area contributed by atoms with E-state index in [0.29, 0.717) is 0 Å². The van der Waals surface area contributed by atoms with Crippen molar-refractivity contribution >= 4 is 17.7 Å². The second-order valence-corrected chi connectivity index (χ2v) is 1.83. The van der Waals surface area contributed by atoms with E-state index in [2.05, 4.69) is 12.2 Å². The van der Waals surface area contributed by atoms with E-state index in [1.54, 1.807) is 0 Å². The fourth-order valence-corrected chi connectivity index (χ4v) is 0.676. The Hall–Kier alpha value is -1.23. The Morgan fingerprint density at radius 3 is 2.80 bits per heavy atom. The van der Waals surface area contributed by atoms with Gasteiger partial charge < -0.3 is 0 Å². The second-order valence-electron chi connectivity index (χ2n) is 1.62. The number of nitrogens with one attached hydrogen (secondary N) is 1. The highest BCUT2D eigenvalue weighted by molar-refractivity contribution is 7.78. The standard InChI is InChI=1S/C5H4N2O2S/c8-4-1-2-7(3-10)5(9)6-4/h1-3H,(H,6,8,9). The number of hydrogen-bond acceptors (Lipinski definition) is 3.